The molecule has 0 spiro atoms. The number of nitrogens with zero attached hydrogens (tertiary/aromatic N) is 3. The molecule has 1 heterocycles. The summed E-state index contributed by atoms with van der Waals surface area (Å²) < 4.78 is 28.4. The van der Waals surface area contributed by atoms with Gasteiger partial charge < -0.3 is 5.32 Å². The molecule has 0 saturated carbocycles. The third-order valence-electron chi connectivity index (χ3n) is 4.87. The molecule has 0 aliphatic heterocycles. The van der Waals surface area contributed by atoms with Gasteiger partial charge in [0.2, 0.25) is 21.4 Å². The highest BCUT2D eigenvalue weighted by Gasteiger charge is 2.22. The zero-order valence-electron chi connectivity index (χ0n) is 17.2. The van der Waals surface area contributed by atoms with Crippen LogP contribution in [0.2, 0.25) is 5.02 Å². The molecule has 2 aromatic carbocycles. The Kier molecular flexibility index (Phi) is 7.09. The van der Waals surface area contributed by atoms with Crippen molar-refractivity contribution >= 4 is 44.1 Å². The van der Waals surface area contributed by atoms with E-state index in [-0.39, 0.29) is 39.9 Å². The second-order valence-corrected chi connectivity index (χ2v) is 9.12. The molecule has 0 radical (unpaired) electrons. The van der Waals surface area contributed by atoms with Gasteiger partial charge in [-0.25, -0.2) is 8.42 Å². The van der Waals surface area contributed by atoms with Crippen LogP contribution >= 0.6 is 11.6 Å². The number of nitrogens with one attached hydrogen (secondary N) is 1. The molecule has 1 N–H and O–H groups in total. The molecule has 0 atom stereocenters. The fraction of sp³-hybridized carbons (Fsp3) is 0.286. The van der Waals surface area contributed by atoms with E-state index in [0.29, 0.717) is 24.0 Å². The smallest absolute Gasteiger partial charge is 0.243 e. The Morgan fingerprint density at radius 1 is 1.16 bits per heavy atom. The standard InChI is InChI=1S/C21H23ClN4O4S/c1-3-25(4-2)31(29,30)15-9-10-17(22)18(13-15)24-21(28)11-12-26-19-8-6-5-7-16(19)20(27)14-23-26/h5-10,13-14H,3-4,11-12H2,1-2H3,(H,24,28). The molecule has 1 amide bonds. The number of hydrogen-bond donors (Lipinski definition) is 1. The molecule has 3 aromatic rings. The van der Waals surface area contributed by atoms with E-state index in [1.54, 1.807) is 42.8 Å². The van der Waals surface area contributed by atoms with Gasteiger partial charge in [0.05, 0.1) is 33.9 Å². The van der Waals surface area contributed by atoms with Crippen LogP contribution in [0.3, 0.4) is 0 Å². The third-order valence-corrected chi connectivity index (χ3v) is 7.24. The maximum Gasteiger partial charge on any atom is 0.243 e. The average Bonchev–Trinajstić information content (AvgIpc) is 2.75. The molecule has 10 heteroatoms. The van der Waals surface area contributed by atoms with Crippen molar-refractivity contribution in [3.8, 4) is 0 Å². The Morgan fingerprint density at radius 2 is 1.87 bits per heavy atom. The Labute approximate surface area is 185 Å². The van der Waals surface area contributed by atoms with Crippen molar-refractivity contribution < 1.29 is 13.2 Å². The van der Waals surface area contributed by atoms with Gasteiger partial charge in [0.25, 0.3) is 0 Å². The minimum Gasteiger partial charge on any atom is -0.325 e. The zero-order valence-corrected chi connectivity index (χ0v) is 18.8. The summed E-state index contributed by atoms with van der Waals surface area (Å²) in [5.74, 6) is -0.358. The highest BCUT2D eigenvalue weighted by atomic mass is 35.5. The Bertz CT molecular complexity index is 1270. The number of rotatable bonds is 8. The normalized spacial score (nSPS) is 11.7. The number of hydrogen-bond acceptors (Lipinski definition) is 5. The van der Waals surface area contributed by atoms with Crippen LogP contribution in [0.1, 0.15) is 20.3 Å². The van der Waals surface area contributed by atoms with Crippen LogP contribution in [0.4, 0.5) is 5.69 Å². The van der Waals surface area contributed by atoms with E-state index in [4.69, 9.17) is 11.6 Å². The van der Waals surface area contributed by atoms with Gasteiger partial charge in [-0.1, -0.05) is 37.6 Å². The third kappa shape index (κ3) is 4.95. The van der Waals surface area contributed by atoms with Crippen LogP contribution in [-0.4, -0.2) is 41.5 Å². The quantitative estimate of drug-likeness (QED) is 0.554. The molecule has 164 valence electrons. The van der Waals surface area contributed by atoms with Gasteiger partial charge in [-0.15, -0.1) is 0 Å². The maximum absolute atomic E-state index is 12.7. The fourth-order valence-electron chi connectivity index (χ4n) is 3.23. The van der Waals surface area contributed by atoms with E-state index in [0.717, 1.165) is 0 Å². The number of sulfonamides is 1. The molecule has 0 aliphatic carbocycles. The molecule has 1 aromatic heterocycles. The number of amides is 1. The van der Waals surface area contributed by atoms with Gasteiger partial charge in [0.1, 0.15) is 0 Å². The van der Waals surface area contributed by atoms with Crippen molar-refractivity contribution in [2.75, 3.05) is 18.4 Å². The SMILES string of the molecule is CCN(CC)S(=O)(=O)c1ccc(Cl)c(NC(=O)CCn2ncc(=O)c3ccccc32)c1. The predicted molar refractivity (Wildman–Crippen MR) is 121 cm³/mol. The predicted octanol–water partition coefficient (Wildman–Crippen LogP) is 3.11. The topological polar surface area (TPSA) is 101 Å². The first kappa shape index (κ1) is 22.9. The van der Waals surface area contributed by atoms with E-state index in [2.05, 4.69) is 10.4 Å². The molecule has 8 nitrogen and oxygen atoms in total. The van der Waals surface area contributed by atoms with Crippen LogP contribution in [0.25, 0.3) is 10.9 Å². The maximum atomic E-state index is 12.7. The monoisotopic (exact) mass is 462 g/mol. The summed E-state index contributed by atoms with van der Waals surface area (Å²) in [4.78, 5) is 24.5. The lowest BCUT2D eigenvalue weighted by Crippen LogP contribution is -2.30. The Hall–Kier alpha value is -2.75. The molecule has 0 bridgehead atoms. The lowest BCUT2D eigenvalue weighted by molar-refractivity contribution is -0.116. The van der Waals surface area contributed by atoms with Crippen molar-refractivity contribution in [1.29, 1.82) is 0 Å². The number of anilines is 1. The number of carbonyl (C=O) groups is 1. The Morgan fingerprint density at radius 3 is 2.58 bits per heavy atom. The summed E-state index contributed by atoms with van der Waals surface area (Å²) in [6.07, 6.45) is 1.28. The van der Waals surface area contributed by atoms with E-state index >= 15 is 0 Å². The van der Waals surface area contributed by atoms with Crippen LogP contribution in [0.15, 0.2) is 58.4 Å². The summed E-state index contributed by atoms with van der Waals surface area (Å²) in [6, 6.07) is 11.3. The minimum atomic E-state index is -3.68. The van der Waals surface area contributed by atoms with Crippen LogP contribution < -0.4 is 10.7 Å². The summed E-state index contributed by atoms with van der Waals surface area (Å²) in [7, 11) is -3.68. The minimum absolute atomic E-state index is 0.0587. The number of halogens is 1. The second-order valence-electron chi connectivity index (χ2n) is 6.78. The first-order chi connectivity index (χ1) is 14.8. The molecule has 3 rings (SSSR count). The fourth-order valence-corrected chi connectivity index (χ4v) is 4.88. The van der Waals surface area contributed by atoms with Gasteiger partial charge in [-0.2, -0.15) is 9.40 Å². The van der Waals surface area contributed by atoms with Gasteiger partial charge in [0, 0.05) is 24.9 Å². The van der Waals surface area contributed by atoms with E-state index in [1.807, 2.05) is 0 Å². The average molecular weight is 463 g/mol. The van der Waals surface area contributed by atoms with Crippen molar-refractivity contribution in [1.82, 2.24) is 14.1 Å². The molecular weight excluding hydrogens is 440 g/mol. The van der Waals surface area contributed by atoms with E-state index < -0.39 is 10.0 Å². The van der Waals surface area contributed by atoms with Crippen molar-refractivity contribution in [2.45, 2.75) is 31.7 Å². The number of carbonyl (C=O) groups excluding carboxylic acids is 1. The first-order valence-electron chi connectivity index (χ1n) is 9.82. The molecule has 0 fully saturated rings. The Balaban J connectivity index is 1.77. The van der Waals surface area contributed by atoms with Gasteiger partial charge in [-0.3, -0.25) is 14.3 Å². The lowest BCUT2D eigenvalue weighted by Gasteiger charge is -2.19. The molecule has 31 heavy (non-hydrogen) atoms. The first-order valence-corrected chi connectivity index (χ1v) is 11.6. The molecule has 0 saturated heterocycles. The number of aryl methyl sites for hydroxylation is 1. The number of aromatic nitrogens is 2. The number of para-hydroxylation sites is 1. The van der Waals surface area contributed by atoms with E-state index in [1.165, 1.54) is 28.7 Å². The van der Waals surface area contributed by atoms with Gasteiger partial charge in [0.15, 0.2) is 0 Å². The molecule has 0 unspecified atom stereocenters. The highest BCUT2D eigenvalue weighted by Crippen LogP contribution is 2.27. The number of fused-ring (bicyclic) bond motifs is 1. The van der Waals surface area contributed by atoms with Crippen LogP contribution in [0.5, 0.6) is 0 Å². The summed E-state index contributed by atoms with van der Waals surface area (Å²) in [5, 5.41) is 7.53. The molecular formula is C21H23ClN4O4S. The summed E-state index contributed by atoms with van der Waals surface area (Å²) in [6.45, 7) is 4.43. The summed E-state index contributed by atoms with van der Waals surface area (Å²) >= 11 is 6.17. The highest BCUT2D eigenvalue weighted by molar-refractivity contribution is 7.89. The van der Waals surface area contributed by atoms with Crippen LogP contribution in [0, 0.1) is 0 Å². The van der Waals surface area contributed by atoms with E-state index in [9.17, 15) is 18.0 Å². The van der Waals surface area contributed by atoms with Gasteiger partial charge >= 0.3 is 0 Å². The van der Waals surface area contributed by atoms with Gasteiger partial charge in [-0.05, 0) is 30.3 Å². The molecule has 0 aliphatic rings. The second kappa shape index (κ2) is 9.59. The van der Waals surface area contributed by atoms with Crippen molar-refractivity contribution in [2.24, 2.45) is 0 Å². The largest absolute Gasteiger partial charge is 0.325 e. The lowest BCUT2D eigenvalue weighted by atomic mass is 10.2. The van der Waals surface area contributed by atoms with Crippen molar-refractivity contribution in [3.63, 3.8) is 0 Å². The zero-order chi connectivity index (χ0) is 22.6. The summed E-state index contributed by atoms with van der Waals surface area (Å²) in [5.41, 5.74) is 0.667. The van der Waals surface area contributed by atoms with Crippen molar-refractivity contribution in [3.05, 3.63) is 63.9 Å². The number of benzene rings is 2. The van der Waals surface area contributed by atoms with Crippen LogP contribution in [-0.2, 0) is 21.4 Å².